The lowest BCUT2D eigenvalue weighted by Crippen LogP contribution is -2.09. The minimum atomic E-state index is 0.516. The highest BCUT2D eigenvalue weighted by molar-refractivity contribution is 6.30. The first-order valence-electron chi connectivity index (χ1n) is 5.09. The number of halogens is 1. The lowest BCUT2D eigenvalue weighted by atomic mass is 10.3. The van der Waals surface area contributed by atoms with E-state index in [1.54, 1.807) is 19.2 Å². The van der Waals surface area contributed by atoms with Gasteiger partial charge in [0.2, 0.25) is 5.89 Å². The minimum Gasteiger partial charge on any atom is -0.396 e. The van der Waals surface area contributed by atoms with E-state index >= 15 is 0 Å². The third-order valence-electron chi connectivity index (χ3n) is 2.09. The van der Waals surface area contributed by atoms with E-state index in [0.717, 1.165) is 0 Å². The molecule has 2 heterocycles. The Balaban J connectivity index is 1.90. The second kappa shape index (κ2) is 5.01. The second-order valence-corrected chi connectivity index (χ2v) is 3.93. The molecule has 0 saturated heterocycles. The van der Waals surface area contributed by atoms with Gasteiger partial charge in [0.1, 0.15) is 5.82 Å². The van der Waals surface area contributed by atoms with E-state index in [0.29, 0.717) is 41.2 Å². The van der Waals surface area contributed by atoms with Crippen LogP contribution in [0.25, 0.3) is 0 Å². The molecule has 2 rings (SSSR count). The summed E-state index contributed by atoms with van der Waals surface area (Å²) < 4.78 is 4.86. The molecule has 0 aliphatic heterocycles. The van der Waals surface area contributed by atoms with Crippen LogP contribution in [-0.4, -0.2) is 21.7 Å². The monoisotopic (exact) mass is 253 g/mol. The molecule has 0 fully saturated rings. The largest absolute Gasteiger partial charge is 0.396 e. The fourth-order valence-electron chi connectivity index (χ4n) is 1.34. The predicted octanol–water partition coefficient (Wildman–Crippen LogP) is 1.66. The maximum Gasteiger partial charge on any atom is 0.223 e. The van der Waals surface area contributed by atoms with Crippen molar-refractivity contribution in [1.29, 1.82) is 0 Å². The molecule has 0 saturated carbocycles. The van der Waals surface area contributed by atoms with Gasteiger partial charge in [-0.25, -0.2) is 4.98 Å². The maximum absolute atomic E-state index is 5.75. The standard InChI is InChI=1S/C10H12ClN5O/c1-6-15-9(16-17-6)2-3-13-10-8(12)4-7(11)5-14-10/h4-5H,2-3,12H2,1H3,(H,13,14). The number of hydrogen-bond donors (Lipinski definition) is 2. The summed E-state index contributed by atoms with van der Waals surface area (Å²) in [6.07, 6.45) is 2.18. The minimum absolute atomic E-state index is 0.516. The van der Waals surface area contributed by atoms with Crippen LogP contribution in [0.2, 0.25) is 5.02 Å². The molecule has 2 aromatic rings. The number of rotatable bonds is 4. The number of aryl methyl sites for hydroxylation is 1. The van der Waals surface area contributed by atoms with E-state index in [9.17, 15) is 0 Å². The van der Waals surface area contributed by atoms with E-state index < -0.39 is 0 Å². The Labute approximate surface area is 103 Å². The maximum atomic E-state index is 5.75. The van der Waals surface area contributed by atoms with E-state index in [-0.39, 0.29) is 0 Å². The molecule has 0 amide bonds. The van der Waals surface area contributed by atoms with Gasteiger partial charge in [0.05, 0.1) is 10.7 Å². The average molecular weight is 254 g/mol. The highest BCUT2D eigenvalue weighted by atomic mass is 35.5. The Morgan fingerprint density at radius 3 is 3.00 bits per heavy atom. The Hall–Kier alpha value is -1.82. The van der Waals surface area contributed by atoms with Crippen LogP contribution in [0.15, 0.2) is 16.8 Å². The summed E-state index contributed by atoms with van der Waals surface area (Å²) in [5.74, 6) is 1.82. The summed E-state index contributed by atoms with van der Waals surface area (Å²) in [5, 5.41) is 7.38. The van der Waals surface area contributed by atoms with Crippen molar-refractivity contribution in [3.8, 4) is 0 Å². The highest BCUT2D eigenvalue weighted by Crippen LogP contribution is 2.19. The van der Waals surface area contributed by atoms with E-state index in [1.807, 2.05) is 0 Å². The SMILES string of the molecule is Cc1nc(CCNc2ncc(Cl)cc2N)no1. The molecule has 90 valence electrons. The highest BCUT2D eigenvalue weighted by Gasteiger charge is 2.04. The fraction of sp³-hybridized carbons (Fsp3) is 0.300. The average Bonchev–Trinajstić information content (AvgIpc) is 2.68. The zero-order valence-corrected chi connectivity index (χ0v) is 10.0. The molecular weight excluding hydrogens is 242 g/mol. The topological polar surface area (TPSA) is 89.9 Å². The van der Waals surface area contributed by atoms with Gasteiger partial charge < -0.3 is 15.6 Å². The normalized spacial score (nSPS) is 10.5. The molecule has 0 unspecified atom stereocenters. The Kier molecular flexibility index (Phi) is 3.43. The van der Waals surface area contributed by atoms with Gasteiger partial charge in [-0.3, -0.25) is 0 Å². The number of nitrogens with zero attached hydrogens (tertiary/aromatic N) is 3. The molecule has 6 nitrogen and oxygen atoms in total. The summed E-state index contributed by atoms with van der Waals surface area (Å²) in [5.41, 5.74) is 6.26. The molecule has 0 aliphatic rings. The number of nitrogens with two attached hydrogens (primary N) is 1. The number of pyridine rings is 1. The molecule has 2 aromatic heterocycles. The molecule has 0 aromatic carbocycles. The summed E-state index contributed by atoms with van der Waals surface area (Å²) >= 11 is 5.75. The lowest BCUT2D eigenvalue weighted by Gasteiger charge is -2.06. The third-order valence-corrected chi connectivity index (χ3v) is 2.30. The van der Waals surface area contributed by atoms with Gasteiger partial charge in [0.25, 0.3) is 0 Å². The number of aromatic nitrogens is 3. The van der Waals surface area contributed by atoms with Gasteiger partial charge in [-0.1, -0.05) is 16.8 Å². The number of nitrogen functional groups attached to an aromatic ring is 1. The van der Waals surface area contributed by atoms with Gasteiger partial charge >= 0.3 is 0 Å². The van der Waals surface area contributed by atoms with Crippen molar-refractivity contribution in [2.24, 2.45) is 0 Å². The van der Waals surface area contributed by atoms with Gasteiger partial charge in [-0.2, -0.15) is 4.98 Å². The van der Waals surface area contributed by atoms with Gasteiger partial charge in [-0.05, 0) is 6.07 Å². The lowest BCUT2D eigenvalue weighted by molar-refractivity contribution is 0.387. The van der Waals surface area contributed by atoms with Crippen LogP contribution < -0.4 is 11.1 Å². The number of hydrogen-bond acceptors (Lipinski definition) is 6. The Bertz CT molecular complexity index is 513. The van der Waals surface area contributed by atoms with Crippen molar-refractivity contribution in [3.05, 3.63) is 29.0 Å². The summed E-state index contributed by atoms with van der Waals surface area (Å²) in [6, 6.07) is 1.65. The summed E-state index contributed by atoms with van der Waals surface area (Å²) in [7, 11) is 0. The Morgan fingerprint density at radius 2 is 2.35 bits per heavy atom. The molecule has 17 heavy (non-hydrogen) atoms. The zero-order chi connectivity index (χ0) is 12.3. The molecule has 7 heteroatoms. The van der Waals surface area contributed by atoms with Gasteiger partial charge in [-0.15, -0.1) is 0 Å². The van der Waals surface area contributed by atoms with Crippen molar-refractivity contribution < 1.29 is 4.52 Å². The van der Waals surface area contributed by atoms with Crippen molar-refractivity contribution in [1.82, 2.24) is 15.1 Å². The van der Waals surface area contributed by atoms with Crippen molar-refractivity contribution in [2.45, 2.75) is 13.3 Å². The van der Waals surface area contributed by atoms with E-state index in [4.69, 9.17) is 21.9 Å². The van der Waals surface area contributed by atoms with Crippen LogP contribution in [0.3, 0.4) is 0 Å². The molecule has 0 spiro atoms. The summed E-state index contributed by atoms with van der Waals surface area (Å²) in [6.45, 7) is 2.38. The van der Waals surface area contributed by atoms with Crippen LogP contribution in [-0.2, 0) is 6.42 Å². The first-order chi connectivity index (χ1) is 8.15. The van der Waals surface area contributed by atoms with Crippen LogP contribution in [0.5, 0.6) is 0 Å². The van der Waals surface area contributed by atoms with Gasteiger partial charge in [0, 0.05) is 26.1 Å². The van der Waals surface area contributed by atoms with Crippen LogP contribution in [0.4, 0.5) is 11.5 Å². The zero-order valence-electron chi connectivity index (χ0n) is 9.27. The third kappa shape index (κ3) is 3.07. The quantitative estimate of drug-likeness (QED) is 0.861. The fourth-order valence-corrected chi connectivity index (χ4v) is 1.50. The molecule has 0 atom stereocenters. The van der Waals surface area contributed by atoms with E-state index in [1.165, 1.54) is 0 Å². The smallest absolute Gasteiger partial charge is 0.223 e. The van der Waals surface area contributed by atoms with Crippen LogP contribution in [0, 0.1) is 6.92 Å². The van der Waals surface area contributed by atoms with Crippen molar-refractivity contribution >= 4 is 23.1 Å². The molecule has 0 radical (unpaired) electrons. The first kappa shape index (κ1) is 11.7. The predicted molar refractivity (Wildman–Crippen MR) is 64.9 cm³/mol. The molecule has 0 bridgehead atoms. The van der Waals surface area contributed by atoms with Gasteiger partial charge in [0.15, 0.2) is 5.82 Å². The van der Waals surface area contributed by atoms with Crippen LogP contribution >= 0.6 is 11.6 Å². The second-order valence-electron chi connectivity index (χ2n) is 3.50. The Morgan fingerprint density at radius 1 is 1.53 bits per heavy atom. The first-order valence-corrected chi connectivity index (χ1v) is 5.47. The number of nitrogens with one attached hydrogen (secondary N) is 1. The summed E-state index contributed by atoms with van der Waals surface area (Å²) in [4.78, 5) is 8.17. The molecule has 3 N–H and O–H groups in total. The van der Waals surface area contributed by atoms with Crippen LogP contribution in [0.1, 0.15) is 11.7 Å². The van der Waals surface area contributed by atoms with Crippen molar-refractivity contribution in [2.75, 3.05) is 17.6 Å². The van der Waals surface area contributed by atoms with E-state index in [2.05, 4.69) is 20.4 Å². The molecular formula is C10H12ClN5O. The molecule has 0 aliphatic carbocycles. The number of anilines is 2. The van der Waals surface area contributed by atoms with Crippen molar-refractivity contribution in [3.63, 3.8) is 0 Å².